The van der Waals surface area contributed by atoms with Crippen molar-refractivity contribution >= 4 is 61.5 Å². The van der Waals surface area contributed by atoms with E-state index in [0.717, 1.165) is 35.2 Å². The van der Waals surface area contributed by atoms with Gasteiger partial charge in [0.05, 0.1) is 23.9 Å². The number of nitrogens with one attached hydrogen (secondary N) is 1. The number of amides is 1. The fourth-order valence-electron chi connectivity index (χ4n) is 5.15. The number of thioether (sulfide) groups is 1. The summed E-state index contributed by atoms with van der Waals surface area (Å²) in [4.78, 5) is 46.7. The van der Waals surface area contributed by atoms with Crippen LogP contribution in [0, 0.1) is 5.92 Å². The van der Waals surface area contributed by atoms with Crippen LogP contribution in [0.2, 0.25) is 0 Å². The van der Waals surface area contributed by atoms with Gasteiger partial charge in [0, 0.05) is 15.8 Å². The molecule has 1 aliphatic carbocycles. The van der Waals surface area contributed by atoms with Gasteiger partial charge in [-0.05, 0) is 48.4 Å². The number of para-hydroxylation sites is 1. The quantitative estimate of drug-likeness (QED) is 0.125. The molecule has 1 aliphatic rings. The first-order valence-corrected chi connectivity index (χ1v) is 15.9. The number of hydrogen-bond acceptors (Lipinski definition) is 8. The number of carbonyl (C=O) groups excluding carboxylic acids is 2. The highest BCUT2D eigenvalue weighted by Gasteiger charge is 2.26. The lowest BCUT2D eigenvalue weighted by Gasteiger charge is -2.17. The zero-order valence-corrected chi connectivity index (χ0v) is 25.0. The molecule has 7 nitrogen and oxygen atoms in total. The maximum absolute atomic E-state index is 14.0. The number of ether oxygens (including phenoxy) is 1. The summed E-state index contributed by atoms with van der Waals surface area (Å²) in [6.45, 7) is 2.24. The topological polar surface area (TPSA) is 90.3 Å². The molecule has 0 spiro atoms. The summed E-state index contributed by atoms with van der Waals surface area (Å²) >= 11 is 4.07. The van der Waals surface area contributed by atoms with Crippen molar-refractivity contribution in [2.24, 2.45) is 5.92 Å². The second kappa shape index (κ2) is 11.6. The molecule has 0 saturated carbocycles. The number of nitrogens with zero attached hydrogens (tertiary/aromatic N) is 2. The Balaban J connectivity index is 1.32. The lowest BCUT2D eigenvalue weighted by Crippen LogP contribution is -2.23. The smallest absolute Gasteiger partial charge is 0.341 e. The van der Waals surface area contributed by atoms with E-state index in [1.807, 2.05) is 66.0 Å². The number of aryl methyl sites for hydroxylation is 1. The van der Waals surface area contributed by atoms with Crippen molar-refractivity contribution in [1.82, 2.24) is 9.55 Å². The third-order valence-corrected chi connectivity index (χ3v) is 10.1. The van der Waals surface area contributed by atoms with E-state index in [2.05, 4.69) is 12.2 Å². The number of methoxy groups -OCH3 is 1. The second-order valence-corrected chi connectivity index (χ2v) is 12.9. The summed E-state index contributed by atoms with van der Waals surface area (Å²) in [6.07, 6.45) is 2.90. The van der Waals surface area contributed by atoms with Crippen LogP contribution >= 0.6 is 34.4 Å². The summed E-state index contributed by atoms with van der Waals surface area (Å²) in [6, 6.07) is 18.9. The summed E-state index contributed by atoms with van der Waals surface area (Å²) in [5, 5.41) is 6.30. The average Bonchev–Trinajstić information content (AvgIpc) is 3.57. The van der Waals surface area contributed by atoms with E-state index in [4.69, 9.17) is 9.72 Å². The highest BCUT2D eigenvalue weighted by atomic mass is 32.2. The van der Waals surface area contributed by atoms with E-state index in [-0.39, 0.29) is 17.2 Å². The number of esters is 1. The highest BCUT2D eigenvalue weighted by molar-refractivity contribution is 7.99. The number of rotatable bonds is 7. The molecule has 0 fully saturated rings. The highest BCUT2D eigenvalue weighted by Crippen LogP contribution is 2.38. The van der Waals surface area contributed by atoms with Crippen LogP contribution < -0.4 is 10.9 Å². The molecule has 10 heteroatoms. The molecule has 6 rings (SSSR count). The number of carbonyl (C=O) groups is 2. The molecular weight excluding hydrogens is 575 g/mol. The Hall–Kier alpha value is -3.73. The number of benzene rings is 2. The van der Waals surface area contributed by atoms with Gasteiger partial charge in [-0.3, -0.25) is 14.2 Å². The Morgan fingerprint density at radius 3 is 2.59 bits per heavy atom. The minimum atomic E-state index is -0.519. The molecule has 0 aliphatic heterocycles. The molecule has 208 valence electrons. The van der Waals surface area contributed by atoms with Crippen LogP contribution in [-0.4, -0.2) is 34.3 Å². The zero-order chi connectivity index (χ0) is 28.5. The molecule has 41 heavy (non-hydrogen) atoms. The molecule has 0 saturated heterocycles. The lowest BCUT2D eigenvalue weighted by atomic mass is 9.89. The van der Waals surface area contributed by atoms with Crippen molar-refractivity contribution in [1.29, 1.82) is 0 Å². The molecule has 0 radical (unpaired) electrons. The first kappa shape index (κ1) is 27.4. The molecule has 0 bridgehead atoms. The van der Waals surface area contributed by atoms with Crippen molar-refractivity contribution in [3.8, 4) is 16.8 Å². The third-order valence-electron chi connectivity index (χ3n) is 7.16. The largest absolute Gasteiger partial charge is 0.465 e. The molecule has 3 heterocycles. The molecule has 2 aromatic carbocycles. The fraction of sp³-hybridized carbons (Fsp3) is 0.226. The van der Waals surface area contributed by atoms with Gasteiger partial charge >= 0.3 is 5.97 Å². The van der Waals surface area contributed by atoms with Gasteiger partial charge in [0.25, 0.3) is 5.56 Å². The zero-order valence-electron chi connectivity index (χ0n) is 22.5. The normalized spacial score (nSPS) is 14.5. The standard InChI is InChI=1S/C31H27N3O4S3/c1-18-13-14-21-23(15-18)41-28-25(21)29(36)34(20-11-7-4-8-12-20)31(33-28)40-17-24(35)32-27-26(30(37)38-2)22(16-39-27)19-9-5-3-6-10-19/h3-12,16,18H,13-15,17H2,1-2H3,(H,32,35)/t18-/m1/s1. The minimum absolute atomic E-state index is 0.00604. The maximum Gasteiger partial charge on any atom is 0.341 e. The summed E-state index contributed by atoms with van der Waals surface area (Å²) in [5.41, 5.74) is 3.61. The van der Waals surface area contributed by atoms with Crippen LogP contribution in [0.4, 0.5) is 5.00 Å². The summed E-state index contributed by atoms with van der Waals surface area (Å²) in [7, 11) is 1.32. The Labute approximate surface area is 249 Å². The SMILES string of the molecule is COC(=O)c1c(-c2ccccc2)csc1NC(=O)CSc1nc2sc3c(c2c(=O)n1-c1ccccc1)CC[C@@H](C)C3. The van der Waals surface area contributed by atoms with Crippen LogP contribution in [0.15, 0.2) is 76.0 Å². The van der Waals surface area contributed by atoms with Crippen molar-refractivity contribution in [2.45, 2.75) is 31.3 Å². The molecule has 1 atom stereocenters. The number of anilines is 1. The number of thiophene rings is 2. The van der Waals surface area contributed by atoms with Gasteiger partial charge in [-0.2, -0.15) is 0 Å². The number of hydrogen-bond donors (Lipinski definition) is 1. The van der Waals surface area contributed by atoms with Crippen LogP contribution in [0.5, 0.6) is 0 Å². The van der Waals surface area contributed by atoms with Crippen LogP contribution in [-0.2, 0) is 22.4 Å². The van der Waals surface area contributed by atoms with Gasteiger partial charge in [-0.1, -0.05) is 67.2 Å². The van der Waals surface area contributed by atoms with Crippen molar-refractivity contribution in [2.75, 3.05) is 18.2 Å². The van der Waals surface area contributed by atoms with Crippen LogP contribution in [0.25, 0.3) is 27.0 Å². The van der Waals surface area contributed by atoms with Gasteiger partial charge in [-0.25, -0.2) is 9.78 Å². The molecule has 1 amide bonds. The number of fused-ring (bicyclic) bond motifs is 3. The van der Waals surface area contributed by atoms with E-state index in [9.17, 15) is 14.4 Å². The first-order valence-electron chi connectivity index (χ1n) is 13.2. The summed E-state index contributed by atoms with van der Waals surface area (Å²) in [5.74, 6) is -0.241. The van der Waals surface area contributed by atoms with Crippen LogP contribution in [0.1, 0.15) is 34.1 Å². The van der Waals surface area contributed by atoms with E-state index in [0.29, 0.717) is 38.3 Å². The van der Waals surface area contributed by atoms with E-state index in [1.54, 1.807) is 15.9 Å². The second-order valence-electron chi connectivity index (χ2n) is 9.95. The lowest BCUT2D eigenvalue weighted by molar-refractivity contribution is -0.113. The van der Waals surface area contributed by atoms with Gasteiger partial charge < -0.3 is 10.1 Å². The Morgan fingerprint density at radius 2 is 1.85 bits per heavy atom. The fourth-order valence-corrected chi connectivity index (χ4v) is 8.36. The Morgan fingerprint density at radius 1 is 1.12 bits per heavy atom. The predicted molar refractivity (Wildman–Crippen MR) is 167 cm³/mol. The minimum Gasteiger partial charge on any atom is -0.465 e. The van der Waals surface area contributed by atoms with Crippen LogP contribution in [0.3, 0.4) is 0 Å². The van der Waals surface area contributed by atoms with Crippen molar-refractivity contribution in [3.63, 3.8) is 0 Å². The van der Waals surface area contributed by atoms with Gasteiger partial charge in [0.15, 0.2) is 5.16 Å². The Kier molecular flexibility index (Phi) is 7.79. The molecule has 1 N–H and O–H groups in total. The number of aromatic nitrogens is 2. The molecule has 0 unspecified atom stereocenters. The van der Waals surface area contributed by atoms with E-state index < -0.39 is 5.97 Å². The van der Waals surface area contributed by atoms with Crippen molar-refractivity contribution in [3.05, 3.63) is 92.4 Å². The third kappa shape index (κ3) is 5.35. The van der Waals surface area contributed by atoms with Gasteiger partial charge in [-0.15, -0.1) is 22.7 Å². The van der Waals surface area contributed by atoms with E-state index >= 15 is 0 Å². The maximum atomic E-state index is 14.0. The Bertz CT molecular complexity index is 1810. The molecule has 3 aromatic heterocycles. The first-order chi connectivity index (χ1) is 19.9. The van der Waals surface area contributed by atoms with Gasteiger partial charge in [0.1, 0.15) is 15.4 Å². The van der Waals surface area contributed by atoms with Gasteiger partial charge in [0.2, 0.25) is 5.91 Å². The average molecular weight is 602 g/mol. The van der Waals surface area contributed by atoms with Crippen molar-refractivity contribution < 1.29 is 14.3 Å². The predicted octanol–water partition coefficient (Wildman–Crippen LogP) is 6.82. The molecular formula is C31H27N3O4S3. The monoisotopic (exact) mass is 601 g/mol. The van der Waals surface area contributed by atoms with E-state index in [1.165, 1.54) is 35.1 Å². The molecule has 5 aromatic rings. The summed E-state index contributed by atoms with van der Waals surface area (Å²) < 4.78 is 6.65.